The summed E-state index contributed by atoms with van der Waals surface area (Å²) in [6.45, 7) is 9.68. The molecule has 4 heteroatoms. The highest BCUT2D eigenvalue weighted by atomic mass is 16.4. The average Bonchev–Trinajstić information content (AvgIpc) is 2.36. The van der Waals surface area contributed by atoms with E-state index in [0.29, 0.717) is 37.0 Å². The highest BCUT2D eigenvalue weighted by Crippen LogP contribution is 2.29. The summed E-state index contributed by atoms with van der Waals surface area (Å²) in [5.41, 5.74) is 0.332. The van der Waals surface area contributed by atoms with Gasteiger partial charge < -0.3 is 10.4 Å². The molecule has 1 atom stereocenters. The number of carboxylic acids is 1. The number of nitrogens with one attached hydrogen (secondary N) is 1. The molecular formula is C17H31NO3. The molecule has 1 rings (SSSR count). The van der Waals surface area contributed by atoms with Crippen LogP contribution in [0.3, 0.4) is 0 Å². The van der Waals surface area contributed by atoms with Gasteiger partial charge in [-0.15, -0.1) is 0 Å². The van der Waals surface area contributed by atoms with E-state index in [9.17, 15) is 9.59 Å². The summed E-state index contributed by atoms with van der Waals surface area (Å²) >= 11 is 0. The molecule has 1 amide bonds. The quantitative estimate of drug-likeness (QED) is 0.789. The average molecular weight is 297 g/mol. The third-order valence-electron chi connectivity index (χ3n) is 4.34. The molecule has 1 unspecified atom stereocenters. The first-order valence-electron chi connectivity index (χ1n) is 8.19. The van der Waals surface area contributed by atoms with Crippen molar-refractivity contribution in [1.82, 2.24) is 5.32 Å². The van der Waals surface area contributed by atoms with Gasteiger partial charge in [0.25, 0.3) is 0 Å². The summed E-state index contributed by atoms with van der Waals surface area (Å²) in [6, 6.07) is 0. The lowest BCUT2D eigenvalue weighted by Gasteiger charge is -2.26. The predicted molar refractivity (Wildman–Crippen MR) is 83.9 cm³/mol. The smallest absolute Gasteiger partial charge is 0.306 e. The normalized spacial score (nSPS) is 24.4. The van der Waals surface area contributed by atoms with Gasteiger partial charge in [0.1, 0.15) is 0 Å². The SMILES string of the molecule is CC(CCNC(=O)C1CCC(C(=O)O)CC1)CC(C)(C)C. The van der Waals surface area contributed by atoms with Crippen LogP contribution in [-0.2, 0) is 9.59 Å². The zero-order valence-corrected chi connectivity index (χ0v) is 13.9. The van der Waals surface area contributed by atoms with Gasteiger partial charge in [-0.1, -0.05) is 27.7 Å². The third-order valence-corrected chi connectivity index (χ3v) is 4.34. The van der Waals surface area contributed by atoms with Crippen LogP contribution in [0.5, 0.6) is 0 Å². The zero-order valence-electron chi connectivity index (χ0n) is 13.9. The number of aliphatic carboxylic acids is 1. The summed E-state index contributed by atoms with van der Waals surface area (Å²) in [4.78, 5) is 23.0. The lowest BCUT2D eigenvalue weighted by atomic mass is 9.81. The number of carboxylic acid groups (broad SMARTS) is 1. The molecule has 0 aromatic rings. The van der Waals surface area contributed by atoms with Crippen LogP contribution in [0.2, 0.25) is 0 Å². The van der Waals surface area contributed by atoms with Crippen LogP contribution < -0.4 is 5.32 Å². The number of hydrogen-bond acceptors (Lipinski definition) is 2. The highest BCUT2D eigenvalue weighted by Gasteiger charge is 2.29. The standard InChI is InChI=1S/C17H31NO3/c1-12(11-17(2,3)4)9-10-18-15(19)13-5-7-14(8-6-13)16(20)21/h12-14H,5-11H2,1-4H3,(H,18,19)(H,20,21). The van der Waals surface area contributed by atoms with Crippen LogP contribution in [0.1, 0.15) is 66.2 Å². The fourth-order valence-electron chi connectivity index (χ4n) is 3.34. The molecule has 0 aromatic heterocycles. The second kappa shape index (κ2) is 7.81. The number of carbonyl (C=O) groups excluding carboxylic acids is 1. The van der Waals surface area contributed by atoms with Crippen molar-refractivity contribution in [3.8, 4) is 0 Å². The maximum absolute atomic E-state index is 12.1. The summed E-state index contributed by atoms with van der Waals surface area (Å²) in [5, 5.41) is 12.0. The van der Waals surface area contributed by atoms with Crippen LogP contribution in [0, 0.1) is 23.2 Å². The third kappa shape index (κ3) is 6.96. The van der Waals surface area contributed by atoms with Gasteiger partial charge in [0.15, 0.2) is 0 Å². The van der Waals surface area contributed by atoms with Gasteiger partial charge in [0.05, 0.1) is 5.92 Å². The molecule has 0 heterocycles. The number of hydrogen-bond donors (Lipinski definition) is 2. The minimum atomic E-state index is -0.718. The van der Waals surface area contributed by atoms with Crippen molar-refractivity contribution in [3.05, 3.63) is 0 Å². The first-order chi connectivity index (χ1) is 9.69. The van der Waals surface area contributed by atoms with Crippen molar-refractivity contribution < 1.29 is 14.7 Å². The zero-order chi connectivity index (χ0) is 16.0. The van der Waals surface area contributed by atoms with Crippen molar-refractivity contribution in [2.24, 2.45) is 23.2 Å². The molecule has 1 fully saturated rings. The molecule has 21 heavy (non-hydrogen) atoms. The minimum Gasteiger partial charge on any atom is -0.481 e. The van der Waals surface area contributed by atoms with Gasteiger partial charge >= 0.3 is 5.97 Å². The van der Waals surface area contributed by atoms with Crippen LogP contribution in [0.4, 0.5) is 0 Å². The molecule has 122 valence electrons. The van der Waals surface area contributed by atoms with Gasteiger partial charge in [-0.2, -0.15) is 0 Å². The predicted octanol–water partition coefficient (Wildman–Crippen LogP) is 3.46. The van der Waals surface area contributed by atoms with E-state index in [0.717, 1.165) is 19.4 Å². The molecule has 1 aliphatic carbocycles. The van der Waals surface area contributed by atoms with Gasteiger partial charge in [0.2, 0.25) is 5.91 Å². The van der Waals surface area contributed by atoms with Gasteiger partial charge in [-0.25, -0.2) is 0 Å². The van der Waals surface area contributed by atoms with Crippen molar-refractivity contribution >= 4 is 11.9 Å². The van der Waals surface area contributed by atoms with E-state index in [1.807, 2.05) is 0 Å². The Bertz CT molecular complexity index is 352. The van der Waals surface area contributed by atoms with E-state index >= 15 is 0 Å². The first kappa shape index (κ1) is 18.0. The topological polar surface area (TPSA) is 66.4 Å². The second-order valence-electron chi connectivity index (χ2n) is 7.84. The number of carbonyl (C=O) groups is 2. The van der Waals surface area contributed by atoms with E-state index in [4.69, 9.17) is 5.11 Å². The molecule has 0 bridgehead atoms. The molecule has 0 aliphatic heterocycles. The summed E-state index contributed by atoms with van der Waals surface area (Å²) in [7, 11) is 0. The van der Waals surface area contributed by atoms with E-state index in [1.54, 1.807) is 0 Å². The maximum Gasteiger partial charge on any atom is 0.306 e. The Labute approximate surface area is 128 Å². The van der Waals surface area contributed by atoms with Crippen LogP contribution in [-0.4, -0.2) is 23.5 Å². The summed E-state index contributed by atoms with van der Waals surface area (Å²) < 4.78 is 0. The van der Waals surface area contributed by atoms with Crippen molar-refractivity contribution in [3.63, 3.8) is 0 Å². The van der Waals surface area contributed by atoms with E-state index in [2.05, 4.69) is 33.0 Å². The molecule has 0 saturated heterocycles. The molecule has 0 spiro atoms. The molecule has 4 nitrogen and oxygen atoms in total. The molecular weight excluding hydrogens is 266 g/mol. The fourth-order valence-corrected chi connectivity index (χ4v) is 3.34. The number of rotatable bonds is 6. The summed E-state index contributed by atoms with van der Waals surface area (Å²) in [5.74, 6) is -0.237. The van der Waals surface area contributed by atoms with Crippen LogP contribution >= 0.6 is 0 Å². The lowest BCUT2D eigenvalue weighted by molar-refractivity contribution is -0.144. The van der Waals surface area contributed by atoms with Crippen molar-refractivity contribution in [2.75, 3.05) is 6.54 Å². The Hall–Kier alpha value is -1.06. The van der Waals surface area contributed by atoms with E-state index < -0.39 is 5.97 Å². The largest absolute Gasteiger partial charge is 0.481 e. The molecule has 0 radical (unpaired) electrons. The number of amides is 1. The van der Waals surface area contributed by atoms with Crippen LogP contribution in [0.15, 0.2) is 0 Å². The Morgan fingerprint density at radius 3 is 2.14 bits per heavy atom. The second-order valence-corrected chi connectivity index (χ2v) is 7.84. The lowest BCUT2D eigenvalue weighted by Crippen LogP contribution is -2.35. The molecule has 1 aliphatic rings. The Kier molecular flexibility index (Phi) is 6.69. The van der Waals surface area contributed by atoms with Gasteiger partial charge in [-0.3, -0.25) is 9.59 Å². The Morgan fingerprint density at radius 2 is 1.67 bits per heavy atom. The van der Waals surface area contributed by atoms with E-state index in [-0.39, 0.29) is 17.7 Å². The first-order valence-corrected chi connectivity index (χ1v) is 8.19. The maximum atomic E-state index is 12.1. The van der Waals surface area contributed by atoms with Gasteiger partial charge in [-0.05, 0) is 49.9 Å². The molecule has 2 N–H and O–H groups in total. The molecule has 1 saturated carbocycles. The van der Waals surface area contributed by atoms with Crippen molar-refractivity contribution in [1.29, 1.82) is 0 Å². The van der Waals surface area contributed by atoms with Crippen molar-refractivity contribution in [2.45, 2.75) is 66.2 Å². The minimum absolute atomic E-state index is 0.0125. The highest BCUT2D eigenvalue weighted by molar-refractivity contribution is 5.79. The van der Waals surface area contributed by atoms with E-state index in [1.165, 1.54) is 0 Å². The Morgan fingerprint density at radius 1 is 1.14 bits per heavy atom. The Balaban J connectivity index is 2.21. The van der Waals surface area contributed by atoms with Crippen LogP contribution in [0.25, 0.3) is 0 Å². The summed E-state index contributed by atoms with van der Waals surface area (Å²) in [6.07, 6.45) is 4.85. The monoisotopic (exact) mass is 297 g/mol. The van der Waals surface area contributed by atoms with Gasteiger partial charge in [0, 0.05) is 12.5 Å². The fraction of sp³-hybridized carbons (Fsp3) is 0.882. The molecule has 0 aromatic carbocycles.